The molecule has 2 rings (SSSR count). The zero-order chi connectivity index (χ0) is 17.3. The van der Waals surface area contributed by atoms with Crippen molar-refractivity contribution in [1.82, 2.24) is 0 Å². The van der Waals surface area contributed by atoms with Gasteiger partial charge < -0.3 is 5.11 Å². The Bertz CT molecular complexity index is 645. The van der Waals surface area contributed by atoms with E-state index in [-0.39, 0.29) is 17.3 Å². The van der Waals surface area contributed by atoms with Crippen LogP contribution in [0.1, 0.15) is 39.7 Å². The average molecular weight is 315 g/mol. The van der Waals surface area contributed by atoms with Crippen LogP contribution in [0.4, 0.5) is 5.69 Å². The summed E-state index contributed by atoms with van der Waals surface area (Å²) in [5.74, 6) is -0.752. The maximum absolute atomic E-state index is 12.6. The van der Waals surface area contributed by atoms with Crippen molar-refractivity contribution in [2.75, 3.05) is 4.90 Å². The van der Waals surface area contributed by atoms with Crippen LogP contribution in [0.25, 0.3) is 0 Å². The van der Waals surface area contributed by atoms with Crippen molar-refractivity contribution in [3.8, 4) is 0 Å². The monoisotopic (exact) mass is 315 g/mol. The number of aliphatic hydroxyl groups excluding tert-OH is 1. The fraction of sp³-hybridized carbons (Fsp3) is 0.474. The molecule has 1 aromatic carbocycles. The molecule has 0 aromatic heterocycles. The summed E-state index contributed by atoms with van der Waals surface area (Å²) in [6.45, 7) is 9.62. The zero-order valence-electron chi connectivity index (χ0n) is 14.5. The maximum atomic E-state index is 12.6. The van der Waals surface area contributed by atoms with E-state index >= 15 is 0 Å². The van der Waals surface area contributed by atoms with E-state index in [4.69, 9.17) is 0 Å². The lowest BCUT2D eigenvalue weighted by Crippen LogP contribution is -2.43. The molecular formula is C19H25NO3. The van der Waals surface area contributed by atoms with Crippen LogP contribution < -0.4 is 4.90 Å². The van der Waals surface area contributed by atoms with E-state index < -0.39 is 17.7 Å². The molecule has 1 aliphatic rings. The Kier molecular flexibility index (Phi) is 4.93. The number of hydrogen-bond donors (Lipinski definition) is 1. The molecule has 1 heterocycles. The first-order chi connectivity index (χ1) is 10.8. The Morgan fingerprint density at radius 3 is 2.30 bits per heavy atom. The number of hydrogen-bond acceptors (Lipinski definition) is 3. The molecule has 1 aliphatic heterocycles. The molecule has 0 bridgehead atoms. The van der Waals surface area contributed by atoms with Gasteiger partial charge in [0.15, 0.2) is 11.5 Å². The summed E-state index contributed by atoms with van der Waals surface area (Å²) in [6, 6.07) is 7.16. The highest BCUT2D eigenvalue weighted by Gasteiger charge is 2.45. The lowest BCUT2D eigenvalue weighted by atomic mass is 9.82. The van der Waals surface area contributed by atoms with Crippen molar-refractivity contribution >= 4 is 17.4 Å². The predicted molar refractivity (Wildman–Crippen MR) is 91.4 cm³/mol. The fourth-order valence-corrected chi connectivity index (χ4v) is 3.16. The summed E-state index contributed by atoms with van der Waals surface area (Å²) < 4.78 is 0. The van der Waals surface area contributed by atoms with Crippen molar-refractivity contribution < 1.29 is 14.7 Å². The summed E-state index contributed by atoms with van der Waals surface area (Å²) in [4.78, 5) is 26.2. The van der Waals surface area contributed by atoms with Crippen molar-refractivity contribution in [3.63, 3.8) is 0 Å². The number of amides is 1. The molecule has 4 nitrogen and oxygen atoms in total. The first-order valence-corrected chi connectivity index (χ1v) is 8.13. The molecule has 1 aromatic rings. The van der Waals surface area contributed by atoms with Gasteiger partial charge in [-0.05, 0) is 37.8 Å². The molecule has 0 saturated carbocycles. The molecule has 3 atom stereocenters. The smallest absolute Gasteiger partial charge is 0.294 e. The van der Waals surface area contributed by atoms with E-state index in [0.29, 0.717) is 11.6 Å². The Morgan fingerprint density at radius 1 is 1.26 bits per heavy atom. The first kappa shape index (κ1) is 17.3. The van der Waals surface area contributed by atoms with E-state index in [0.717, 1.165) is 12.0 Å². The Hall–Kier alpha value is -2.10. The minimum absolute atomic E-state index is 0.0637. The molecule has 1 amide bonds. The van der Waals surface area contributed by atoms with Gasteiger partial charge in [-0.1, -0.05) is 44.9 Å². The highest BCUT2D eigenvalue weighted by atomic mass is 16.3. The number of ketones is 1. The average Bonchev–Trinajstić information content (AvgIpc) is 2.79. The Balaban J connectivity index is 2.53. The highest BCUT2D eigenvalue weighted by molar-refractivity contribution is 6.16. The number of anilines is 1. The van der Waals surface area contributed by atoms with Gasteiger partial charge in [0, 0.05) is 5.69 Å². The second kappa shape index (κ2) is 6.57. The summed E-state index contributed by atoms with van der Waals surface area (Å²) in [5, 5.41) is 10.3. The molecule has 0 aliphatic carbocycles. The van der Waals surface area contributed by atoms with Crippen LogP contribution >= 0.6 is 0 Å². The van der Waals surface area contributed by atoms with Crippen molar-refractivity contribution in [2.24, 2.45) is 11.8 Å². The van der Waals surface area contributed by atoms with Gasteiger partial charge in [0.2, 0.25) is 0 Å². The normalized spacial score (nSPS) is 20.8. The fourth-order valence-electron chi connectivity index (χ4n) is 3.16. The van der Waals surface area contributed by atoms with E-state index in [2.05, 4.69) is 13.8 Å². The molecule has 1 N–H and O–H groups in total. The maximum Gasteiger partial charge on any atom is 0.294 e. The van der Waals surface area contributed by atoms with Crippen LogP contribution in [0.2, 0.25) is 0 Å². The number of rotatable bonds is 5. The Morgan fingerprint density at radius 2 is 1.83 bits per heavy atom. The van der Waals surface area contributed by atoms with Gasteiger partial charge in [0.25, 0.3) is 5.91 Å². The minimum atomic E-state index is -0.487. The summed E-state index contributed by atoms with van der Waals surface area (Å²) in [6.07, 6.45) is 0.944. The third-order valence-corrected chi connectivity index (χ3v) is 4.98. The SMILES string of the molecule is CCC(C)C(C)C1C(C(C)=O)=C(O)C(=O)N1c1ccc(C)cc1. The summed E-state index contributed by atoms with van der Waals surface area (Å²) in [7, 11) is 0. The molecule has 124 valence electrons. The van der Waals surface area contributed by atoms with Gasteiger partial charge in [-0.2, -0.15) is 0 Å². The van der Waals surface area contributed by atoms with Crippen LogP contribution in [0.15, 0.2) is 35.6 Å². The number of Topliss-reactive ketones (excluding diaryl/α,β-unsaturated/α-hetero) is 1. The second-order valence-electron chi connectivity index (χ2n) is 6.52. The number of carbonyl (C=O) groups excluding carboxylic acids is 2. The van der Waals surface area contributed by atoms with Gasteiger partial charge in [-0.15, -0.1) is 0 Å². The zero-order valence-corrected chi connectivity index (χ0v) is 14.5. The van der Waals surface area contributed by atoms with Crippen LogP contribution in [0.3, 0.4) is 0 Å². The third kappa shape index (κ3) is 3.03. The van der Waals surface area contributed by atoms with E-state index in [1.807, 2.05) is 38.1 Å². The molecular weight excluding hydrogens is 290 g/mol. The summed E-state index contributed by atoms with van der Waals surface area (Å²) in [5.41, 5.74) is 2.04. The molecule has 0 spiro atoms. The van der Waals surface area contributed by atoms with Gasteiger partial charge in [0.1, 0.15) is 0 Å². The Labute approximate surface area is 137 Å². The quantitative estimate of drug-likeness (QED) is 0.899. The topological polar surface area (TPSA) is 57.6 Å². The number of nitrogens with zero attached hydrogens (tertiary/aromatic N) is 1. The van der Waals surface area contributed by atoms with E-state index in [9.17, 15) is 14.7 Å². The lowest BCUT2D eigenvalue weighted by molar-refractivity contribution is -0.117. The van der Waals surface area contributed by atoms with E-state index in [1.165, 1.54) is 6.92 Å². The predicted octanol–water partition coefficient (Wildman–Crippen LogP) is 3.79. The number of aliphatic hydroxyl groups is 1. The number of aryl methyl sites for hydroxylation is 1. The van der Waals surface area contributed by atoms with Gasteiger partial charge in [-0.3, -0.25) is 14.5 Å². The first-order valence-electron chi connectivity index (χ1n) is 8.13. The molecule has 0 fully saturated rings. The van der Waals surface area contributed by atoms with Crippen molar-refractivity contribution in [2.45, 2.75) is 47.1 Å². The van der Waals surface area contributed by atoms with Crippen LogP contribution in [0.5, 0.6) is 0 Å². The van der Waals surface area contributed by atoms with Gasteiger partial charge in [0.05, 0.1) is 11.6 Å². The van der Waals surface area contributed by atoms with Gasteiger partial charge >= 0.3 is 0 Å². The molecule has 4 heteroatoms. The standard InChI is InChI=1S/C19H25NO3/c1-6-12(3)13(4)17-16(14(5)21)18(22)19(23)20(17)15-9-7-11(2)8-10-15/h7-10,12-13,17,22H,6H2,1-5H3. The van der Waals surface area contributed by atoms with Crippen LogP contribution in [-0.2, 0) is 9.59 Å². The van der Waals surface area contributed by atoms with Crippen molar-refractivity contribution in [3.05, 3.63) is 41.2 Å². The molecule has 0 saturated heterocycles. The molecule has 23 heavy (non-hydrogen) atoms. The van der Waals surface area contributed by atoms with Crippen LogP contribution in [0, 0.1) is 18.8 Å². The van der Waals surface area contributed by atoms with E-state index in [1.54, 1.807) is 4.90 Å². The van der Waals surface area contributed by atoms with Crippen molar-refractivity contribution in [1.29, 1.82) is 0 Å². The second-order valence-corrected chi connectivity index (χ2v) is 6.52. The number of carbonyl (C=O) groups is 2. The highest BCUT2D eigenvalue weighted by Crippen LogP contribution is 2.37. The minimum Gasteiger partial charge on any atom is -0.503 e. The van der Waals surface area contributed by atoms with Crippen LogP contribution in [-0.4, -0.2) is 22.8 Å². The largest absolute Gasteiger partial charge is 0.503 e. The number of benzene rings is 1. The summed E-state index contributed by atoms with van der Waals surface area (Å²) >= 11 is 0. The molecule has 3 unspecified atom stereocenters. The third-order valence-electron chi connectivity index (χ3n) is 4.98. The lowest BCUT2D eigenvalue weighted by Gasteiger charge is -2.34. The van der Waals surface area contributed by atoms with Gasteiger partial charge in [-0.25, -0.2) is 0 Å². The molecule has 0 radical (unpaired) electrons.